The molecule has 2 aliphatic heterocycles. The van der Waals surface area contributed by atoms with Crippen LogP contribution >= 0.6 is 17.2 Å². The molecular weight excluding hydrogens is 482 g/mol. The number of methoxy groups -OCH3 is 2. The quantitative estimate of drug-likeness (QED) is 0.150. The maximum absolute atomic E-state index is 5.78. The second-order valence-corrected chi connectivity index (χ2v) is 9.57. The zero-order valence-corrected chi connectivity index (χ0v) is 21.7. The van der Waals surface area contributed by atoms with E-state index in [1.54, 1.807) is 14.2 Å². The van der Waals surface area contributed by atoms with Gasteiger partial charge in [-0.05, 0) is 13.8 Å². The van der Waals surface area contributed by atoms with E-state index in [1.165, 1.54) is 0 Å². The number of rotatable bonds is 18. The lowest BCUT2D eigenvalue weighted by atomic mass is 9.93. The highest BCUT2D eigenvalue weighted by Gasteiger charge is 2.44. The molecule has 2 rings (SSSR count). The molecule has 0 aromatic carbocycles. The summed E-state index contributed by atoms with van der Waals surface area (Å²) in [5, 5.41) is 0. The summed E-state index contributed by atoms with van der Waals surface area (Å²) in [5.74, 6) is 0. The molecule has 2 aliphatic rings. The Kier molecular flexibility index (Phi) is 15.9. The van der Waals surface area contributed by atoms with Crippen LogP contribution in [0.3, 0.4) is 0 Å². The average Bonchev–Trinajstić information content (AvgIpc) is 2.83. The molecule has 2 atom stereocenters. The molecule has 0 radical (unpaired) electrons. The summed E-state index contributed by atoms with van der Waals surface area (Å²) in [7, 11) is 0.240. The molecule has 0 bridgehead atoms. The molecule has 1 spiro atoms. The molecular formula is C19H38O12P2. The Morgan fingerprint density at radius 2 is 1.03 bits per heavy atom. The van der Waals surface area contributed by atoms with Crippen molar-refractivity contribution in [1.29, 1.82) is 0 Å². The van der Waals surface area contributed by atoms with Crippen LogP contribution in [0.25, 0.3) is 0 Å². The lowest BCUT2D eigenvalue weighted by Gasteiger charge is -2.41. The van der Waals surface area contributed by atoms with Gasteiger partial charge in [-0.15, -0.1) is 0 Å². The fraction of sp³-hybridized carbons (Fsp3) is 1.00. The van der Waals surface area contributed by atoms with Gasteiger partial charge in [-0.2, -0.15) is 0 Å². The highest BCUT2D eigenvalue weighted by molar-refractivity contribution is 7.42. The predicted octanol–water partition coefficient (Wildman–Crippen LogP) is 2.60. The molecule has 2 fully saturated rings. The summed E-state index contributed by atoms with van der Waals surface area (Å²) in [6, 6.07) is 0. The molecule has 33 heavy (non-hydrogen) atoms. The first kappa shape index (κ1) is 29.6. The third kappa shape index (κ3) is 11.8. The second-order valence-electron chi connectivity index (χ2n) is 7.13. The monoisotopic (exact) mass is 520 g/mol. The fourth-order valence-corrected chi connectivity index (χ4v) is 5.11. The molecule has 2 heterocycles. The van der Waals surface area contributed by atoms with Gasteiger partial charge in [0.05, 0.1) is 58.3 Å². The van der Waals surface area contributed by atoms with Crippen molar-refractivity contribution in [3.8, 4) is 0 Å². The van der Waals surface area contributed by atoms with E-state index >= 15 is 0 Å². The van der Waals surface area contributed by atoms with Crippen LogP contribution in [-0.2, 0) is 55.6 Å². The Hall–Kier alpha value is 0.380. The van der Waals surface area contributed by atoms with Crippen molar-refractivity contribution in [2.24, 2.45) is 5.41 Å². The van der Waals surface area contributed by atoms with Gasteiger partial charge in [0, 0.05) is 27.4 Å². The summed E-state index contributed by atoms with van der Waals surface area (Å²) in [4.78, 5) is 0. The third-order valence-electron chi connectivity index (χ3n) is 4.42. The van der Waals surface area contributed by atoms with Gasteiger partial charge in [0.25, 0.3) is 0 Å². The van der Waals surface area contributed by atoms with Gasteiger partial charge in [-0.1, -0.05) is 0 Å². The van der Waals surface area contributed by atoms with Crippen LogP contribution < -0.4 is 0 Å². The van der Waals surface area contributed by atoms with E-state index in [4.69, 9.17) is 55.6 Å². The molecule has 0 aliphatic carbocycles. The van der Waals surface area contributed by atoms with E-state index in [-0.39, 0.29) is 13.2 Å². The third-order valence-corrected chi connectivity index (χ3v) is 6.50. The second kappa shape index (κ2) is 17.8. The molecule has 0 aromatic heterocycles. The van der Waals surface area contributed by atoms with Crippen LogP contribution in [0.4, 0.5) is 0 Å². The van der Waals surface area contributed by atoms with Gasteiger partial charge in [-0.25, -0.2) is 0 Å². The van der Waals surface area contributed by atoms with Gasteiger partial charge in [0.1, 0.15) is 13.2 Å². The van der Waals surface area contributed by atoms with Gasteiger partial charge >= 0.3 is 17.2 Å². The smallest absolute Gasteiger partial charge is 0.332 e. The minimum absolute atomic E-state index is 0.204. The van der Waals surface area contributed by atoms with Crippen molar-refractivity contribution in [2.75, 3.05) is 93.5 Å². The Morgan fingerprint density at radius 1 is 0.636 bits per heavy atom. The van der Waals surface area contributed by atoms with Crippen molar-refractivity contribution in [2.45, 2.75) is 26.4 Å². The molecule has 12 nitrogen and oxygen atoms in total. The largest absolute Gasteiger partial charge is 0.382 e. The minimum atomic E-state index is -1.49. The zero-order chi connectivity index (χ0) is 23.8. The molecule has 2 unspecified atom stereocenters. The SMILES string of the molecule is CCOC(COP1OCC2(CO1)COP(OCC(OCC)OCCOC)OC2)OCCOC. The van der Waals surface area contributed by atoms with Crippen molar-refractivity contribution < 1.29 is 55.6 Å². The lowest BCUT2D eigenvalue weighted by molar-refractivity contribution is -0.167. The lowest BCUT2D eigenvalue weighted by Crippen LogP contribution is -2.45. The van der Waals surface area contributed by atoms with E-state index in [0.717, 1.165) is 0 Å². The van der Waals surface area contributed by atoms with Crippen LogP contribution in [0.5, 0.6) is 0 Å². The van der Waals surface area contributed by atoms with Crippen LogP contribution in [0.15, 0.2) is 0 Å². The summed E-state index contributed by atoms with van der Waals surface area (Å²) in [5.41, 5.74) is -0.396. The van der Waals surface area contributed by atoms with Crippen LogP contribution in [-0.4, -0.2) is 106 Å². The first-order valence-electron chi connectivity index (χ1n) is 11.0. The molecule has 0 N–H and O–H groups in total. The normalized spacial score (nSPS) is 27.6. The Morgan fingerprint density at radius 3 is 1.36 bits per heavy atom. The Balaban J connectivity index is 1.64. The number of ether oxygens (including phenoxy) is 6. The Labute approximate surface area is 198 Å². The maximum atomic E-state index is 5.78. The van der Waals surface area contributed by atoms with E-state index in [0.29, 0.717) is 66.1 Å². The predicted molar refractivity (Wildman–Crippen MR) is 118 cm³/mol. The van der Waals surface area contributed by atoms with Gasteiger partial charge in [0.2, 0.25) is 0 Å². The summed E-state index contributed by atoms with van der Waals surface area (Å²) in [6.45, 7) is 8.58. The van der Waals surface area contributed by atoms with Crippen LogP contribution in [0, 0.1) is 5.41 Å². The van der Waals surface area contributed by atoms with E-state index in [1.807, 2.05) is 13.8 Å². The average molecular weight is 520 g/mol. The summed E-state index contributed by atoms with van der Waals surface area (Å²) in [6.07, 6.45) is -1.01. The Bertz CT molecular complexity index is 430. The fourth-order valence-electron chi connectivity index (χ4n) is 2.66. The van der Waals surface area contributed by atoms with E-state index in [9.17, 15) is 0 Å². The van der Waals surface area contributed by atoms with Crippen molar-refractivity contribution in [3.05, 3.63) is 0 Å². The van der Waals surface area contributed by atoms with Crippen molar-refractivity contribution >= 4 is 17.2 Å². The van der Waals surface area contributed by atoms with Crippen LogP contribution in [0.1, 0.15) is 13.8 Å². The summed E-state index contributed by atoms with van der Waals surface area (Å²) >= 11 is 0. The molecule has 196 valence electrons. The highest BCUT2D eigenvalue weighted by atomic mass is 31.2. The van der Waals surface area contributed by atoms with Crippen molar-refractivity contribution in [1.82, 2.24) is 0 Å². The highest BCUT2D eigenvalue weighted by Crippen LogP contribution is 2.53. The zero-order valence-electron chi connectivity index (χ0n) is 19.9. The van der Waals surface area contributed by atoms with E-state index < -0.39 is 35.2 Å². The maximum Gasteiger partial charge on any atom is 0.332 e. The molecule has 2 saturated heterocycles. The van der Waals surface area contributed by atoms with Crippen molar-refractivity contribution in [3.63, 3.8) is 0 Å². The minimum Gasteiger partial charge on any atom is -0.382 e. The molecule has 0 saturated carbocycles. The summed E-state index contributed by atoms with van der Waals surface area (Å²) < 4.78 is 66.6. The molecule has 0 amide bonds. The first-order chi connectivity index (χ1) is 16.1. The van der Waals surface area contributed by atoms with Crippen LogP contribution in [0.2, 0.25) is 0 Å². The first-order valence-corrected chi connectivity index (χ1v) is 13.2. The topological polar surface area (TPSA) is 111 Å². The van der Waals surface area contributed by atoms with Gasteiger partial charge in [-0.3, -0.25) is 0 Å². The molecule has 14 heteroatoms. The number of hydrogen-bond donors (Lipinski definition) is 0. The van der Waals surface area contributed by atoms with Gasteiger partial charge < -0.3 is 55.6 Å². The van der Waals surface area contributed by atoms with E-state index in [2.05, 4.69) is 0 Å². The molecule has 0 aromatic rings. The standard InChI is InChI=1S/C19H38O12P2/c1-5-22-17(24-9-7-20-3)11-26-32-28-13-19(14-29-32)15-30-33(31-16-19)27-12-18(23-6-2)25-10-8-21-4/h17-18H,5-16H2,1-4H3. The van der Waals surface area contributed by atoms with Gasteiger partial charge in [0.15, 0.2) is 12.6 Å². The number of hydrogen-bond acceptors (Lipinski definition) is 12.